The van der Waals surface area contributed by atoms with Crippen LogP contribution < -0.4 is 10.3 Å². The Morgan fingerprint density at radius 1 is 0.606 bits per heavy atom. The van der Waals surface area contributed by atoms with E-state index in [9.17, 15) is 4.79 Å². The molecule has 0 fully saturated rings. The Kier molecular flexibility index (Phi) is 5.85. The number of pyridine rings is 1. The summed E-state index contributed by atoms with van der Waals surface area (Å²) in [6.45, 7) is 0.379. The maximum Gasteiger partial charge on any atom is 0.267 e. The van der Waals surface area contributed by atoms with Crippen molar-refractivity contribution in [2.24, 2.45) is 0 Å². The molecular formula is C30H23NO2. The molecule has 0 atom stereocenters. The van der Waals surface area contributed by atoms with Crippen LogP contribution in [0, 0.1) is 0 Å². The minimum Gasteiger partial charge on any atom is -0.488 e. The van der Waals surface area contributed by atoms with Crippen molar-refractivity contribution in [3.8, 4) is 33.8 Å². The Balaban J connectivity index is 1.75. The number of para-hydroxylation sites is 1. The van der Waals surface area contributed by atoms with Crippen LogP contribution in [-0.4, -0.2) is 4.57 Å². The summed E-state index contributed by atoms with van der Waals surface area (Å²) < 4.78 is 8.07. The minimum atomic E-state index is -0.114. The molecule has 33 heavy (non-hydrogen) atoms. The van der Waals surface area contributed by atoms with Gasteiger partial charge in [0.05, 0.1) is 11.3 Å². The molecule has 0 unspecified atom stereocenters. The van der Waals surface area contributed by atoms with Gasteiger partial charge in [0.15, 0.2) is 0 Å². The first-order chi connectivity index (χ1) is 16.3. The fourth-order valence-electron chi connectivity index (χ4n) is 3.96. The van der Waals surface area contributed by atoms with Crippen molar-refractivity contribution < 1.29 is 4.74 Å². The predicted octanol–water partition coefficient (Wildman–Crippen LogP) is 6.75. The molecule has 0 aliphatic rings. The van der Waals surface area contributed by atoms with Crippen molar-refractivity contribution in [2.75, 3.05) is 0 Å². The number of nitrogens with zero attached hydrogens (tertiary/aromatic N) is 1. The molecule has 4 aromatic carbocycles. The Labute approximate surface area is 193 Å². The van der Waals surface area contributed by atoms with Crippen molar-refractivity contribution in [2.45, 2.75) is 6.61 Å². The van der Waals surface area contributed by atoms with E-state index >= 15 is 0 Å². The lowest BCUT2D eigenvalue weighted by molar-refractivity contribution is 0.307. The van der Waals surface area contributed by atoms with Crippen LogP contribution in [0.2, 0.25) is 0 Å². The van der Waals surface area contributed by atoms with Crippen molar-refractivity contribution in [3.63, 3.8) is 0 Å². The van der Waals surface area contributed by atoms with Gasteiger partial charge < -0.3 is 4.74 Å². The van der Waals surface area contributed by atoms with Gasteiger partial charge in [-0.25, -0.2) is 0 Å². The SMILES string of the molecule is O=c1c(-c2ccccc2)c(OCc2ccccc2)cc(-c2ccccc2)n1-c1ccccc1. The van der Waals surface area contributed by atoms with Gasteiger partial charge in [-0.05, 0) is 28.8 Å². The van der Waals surface area contributed by atoms with E-state index in [2.05, 4.69) is 0 Å². The van der Waals surface area contributed by atoms with Gasteiger partial charge >= 0.3 is 0 Å². The molecule has 1 aromatic heterocycles. The van der Waals surface area contributed by atoms with E-state index in [0.717, 1.165) is 28.1 Å². The first kappa shape index (κ1) is 20.5. The highest BCUT2D eigenvalue weighted by atomic mass is 16.5. The highest BCUT2D eigenvalue weighted by Gasteiger charge is 2.20. The maximum atomic E-state index is 14.1. The highest BCUT2D eigenvalue weighted by molar-refractivity contribution is 5.75. The van der Waals surface area contributed by atoms with Crippen molar-refractivity contribution in [3.05, 3.63) is 143 Å². The minimum absolute atomic E-state index is 0.114. The zero-order chi connectivity index (χ0) is 22.5. The molecule has 3 nitrogen and oxygen atoms in total. The van der Waals surface area contributed by atoms with Gasteiger partial charge in [-0.3, -0.25) is 9.36 Å². The number of benzene rings is 4. The summed E-state index contributed by atoms with van der Waals surface area (Å²) in [4.78, 5) is 14.1. The zero-order valence-corrected chi connectivity index (χ0v) is 18.1. The molecule has 0 radical (unpaired) electrons. The quantitative estimate of drug-likeness (QED) is 0.299. The maximum absolute atomic E-state index is 14.1. The lowest BCUT2D eigenvalue weighted by atomic mass is 10.0. The number of hydrogen-bond donors (Lipinski definition) is 0. The van der Waals surface area contributed by atoms with Gasteiger partial charge in [-0.2, -0.15) is 0 Å². The molecule has 0 saturated heterocycles. The van der Waals surface area contributed by atoms with Gasteiger partial charge in [-0.1, -0.05) is 109 Å². The molecule has 0 N–H and O–H groups in total. The first-order valence-corrected chi connectivity index (χ1v) is 10.9. The smallest absolute Gasteiger partial charge is 0.267 e. The van der Waals surface area contributed by atoms with E-state index in [1.165, 1.54) is 0 Å². The molecule has 0 amide bonds. The fourth-order valence-corrected chi connectivity index (χ4v) is 3.96. The summed E-state index contributed by atoms with van der Waals surface area (Å²) in [5, 5.41) is 0. The lowest BCUT2D eigenvalue weighted by Gasteiger charge is -2.19. The van der Waals surface area contributed by atoms with Crippen molar-refractivity contribution >= 4 is 0 Å². The summed E-state index contributed by atoms with van der Waals surface area (Å²) in [6.07, 6.45) is 0. The molecule has 3 heteroatoms. The van der Waals surface area contributed by atoms with Crippen LogP contribution in [0.3, 0.4) is 0 Å². The van der Waals surface area contributed by atoms with Crippen LogP contribution in [0.15, 0.2) is 132 Å². The second kappa shape index (κ2) is 9.41. The van der Waals surface area contributed by atoms with E-state index in [0.29, 0.717) is 17.9 Å². The molecule has 0 spiro atoms. The molecule has 0 saturated carbocycles. The molecule has 160 valence electrons. The van der Waals surface area contributed by atoms with Gasteiger partial charge in [-0.15, -0.1) is 0 Å². The highest BCUT2D eigenvalue weighted by Crippen LogP contribution is 2.33. The Hall–Kier alpha value is -4.37. The van der Waals surface area contributed by atoms with Crippen molar-refractivity contribution in [1.82, 2.24) is 4.57 Å². The second-order valence-electron chi connectivity index (χ2n) is 7.75. The molecular weight excluding hydrogens is 406 g/mol. The predicted molar refractivity (Wildman–Crippen MR) is 134 cm³/mol. The topological polar surface area (TPSA) is 31.2 Å². The monoisotopic (exact) mass is 429 g/mol. The van der Waals surface area contributed by atoms with Crippen LogP contribution in [0.4, 0.5) is 0 Å². The first-order valence-electron chi connectivity index (χ1n) is 10.9. The van der Waals surface area contributed by atoms with Crippen LogP contribution in [0.25, 0.3) is 28.1 Å². The average molecular weight is 430 g/mol. The van der Waals surface area contributed by atoms with Crippen LogP contribution in [0.5, 0.6) is 5.75 Å². The lowest BCUT2D eigenvalue weighted by Crippen LogP contribution is -2.23. The Morgan fingerprint density at radius 3 is 1.73 bits per heavy atom. The largest absolute Gasteiger partial charge is 0.488 e. The van der Waals surface area contributed by atoms with E-state index in [1.54, 1.807) is 4.57 Å². The number of aromatic nitrogens is 1. The summed E-state index contributed by atoms with van der Waals surface area (Å²) in [6, 6.07) is 41.4. The fraction of sp³-hybridized carbons (Fsp3) is 0.0333. The van der Waals surface area contributed by atoms with E-state index in [4.69, 9.17) is 4.74 Å². The summed E-state index contributed by atoms with van der Waals surface area (Å²) in [7, 11) is 0. The molecule has 5 aromatic rings. The van der Waals surface area contributed by atoms with Gasteiger partial charge in [0.25, 0.3) is 5.56 Å². The summed E-state index contributed by atoms with van der Waals surface area (Å²) in [5.41, 5.74) is 4.86. The van der Waals surface area contributed by atoms with Crippen molar-refractivity contribution in [1.29, 1.82) is 0 Å². The third kappa shape index (κ3) is 4.35. The third-order valence-corrected chi connectivity index (χ3v) is 5.56. The number of hydrogen-bond acceptors (Lipinski definition) is 2. The summed E-state index contributed by atoms with van der Waals surface area (Å²) in [5.74, 6) is 0.570. The van der Waals surface area contributed by atoms with Gasteiger partial charge in [0.1, 0.15) is 12.4 Å². The van der Waals surface area contributed by atoms with E-state index in [1.807, 2.05) is 127 Å². The second-order valence-corrected chi connectivity index (χ2v) is 7.75. The molecule has 1 heterocycles. The molecule has 5 rings (SSSR count). The normalized spacial score (nSPS) is 10.7. The van der Waals surface area contributed by atoms with Gasteiger partial charge in [0, 0.05) is 11.8 Å². The summed E-state index contributed by atoms with van der Waals surface area (Å²) >= 11 is 0. The third-order valence-electron chi connectivity index (χ3n) is 5.56. The van der Waals surface area contributed by atoms with E-state index < -0.39 is 0 Å². The molecule has 0 aliphatic heterocycles. The van der Waals surface area contributed by atoms with Gasteiger partial charge in [0.2, 0.25) is 0 Å². The Bertz CT molecular complexity index is 1390. The average Bonchev–Trinajstić information content (AvgIpc) is 2.89. The Morgan fingerprint density at radius 2 is 1.12 bits per heavy atom. The number of rotatable bonds is 6. The zero-order valence-electron chi connectivity index (χ0n) is 18.1. The van der Waals surface area contributed by atoms with Crippen LogP contribution in [-0.2, 0) is 6.61 Å². The molecule has 0 bridgehead atoms. The van der Waals surface area contributed by atoms with E-state index in [-0.39, 0.29) is 5.56 Å². The standard InChI is InChI=1S/C30H23NO2/c32-30-29(25-17-9-3-10-18-25)28(33-22-23-13-5-1-6-14-23)21-27(24-15-7-2-8-16-24)31(30)26-19-11-4-12-20-26/h1-21H,22H2. The van der Waals surface area contributed by atoms with Crippen LogP contribution >= 0.6 is 0 Å². The van der Waals surface area contributed by atoms with Crippen LogP contribution in [0.1, 0.15) is 5.56 Å². The molecule has 0 aliphatic carbocycles. The number of ether oxygens (including phenoxy) is 1.